The monoisotopic (exact) mass is 373 g/mol. The molecule has 0 saturated heterocycles. The van der Waals surface area contributed by atoms with Gasteiger partial charge in [-0.3, -0.25) is 4.74 Å². The van der Waals surface area contributed by atoms with Gasteiger partial charge in [-0.2, -0.15) is 0 Å². The Labute approximate surface area is 153 Å². The van der Waals surface area contributed by atoms with Crippen molar-refractivity contribution < 1.29 is 4.21 Å². The Morgan fingerprint density at radius 2 is 1.12 bits per heavy atom. The molecular weight excluding hydrogens is 329 g/mol. The second-order valence-electron chi connectivity index (χ2n) is 9.32. The smallest absolute Gasteiger partial charge is 0.207 e. The average molecular weight is 374 g/mol. The summed E-state index contributed by atoms with van der Waals surface area (Å²) in [7, 11) is -3.69. The third kappa shape index (κ3) is 4.38. The summed E-state index contributed by atoms with van der Waals surface area (Å²) in [6.45, 7) is 23.9. The van der Waals surface area contributed by atoms with Gasteiger partial charge in [0.1, 0.15) is 0 Å². The molecule has 2 nitrogen and oxygen atoms in total. The maximum absolute atomic E-state index is 7.48. The lowest BCUT2D eigenvalue weighted by Crippen LogP contribution is -2.48. The van der Waals surface area contributed by atoms with E-state index in [9.17, 15) is 0 Å². The molecule has 0 spiro atoms. The molecule has 0 radical (unpaired) electrons. The Morgan fingerprint density at radius 3 is 1.42 bits per heavy atom. The van der Waals surface area contributed by atoms with Crippen molar-refractivity contribution in [3.63, 3.8) is 0 Å². The molecule has 1 rings (SSSR count). The molecule has 1 aliphatic rings. The third-order valence-corrected chi connectivity index (χ3v) is 17.7. The Balaban J connectivity index is 3.47. The summed E-state index contributed by atoms with van der Waals surface area (Å²) in [5.74, 6) is 0. The van der Waals surface area contributed by atoms with Gasteiger partial charge in [0.05, 0.1) is 13.3 Å². The first-order valence-corrected chi connectivity index (χ1v) is 14.3. The highest BCUT2D eigenvalue weighted by Gasteiger charge is 2.50. The number of hydrogen-bond donors (Lipinski definition) is 0. The van der Waals surface area contributed by atoms with Gasteiger partial charge in [-0.25, -0.2) is 0 Å². The predicted molar refractivity (Wildman–Crippen MR) is 114 cm³/mol. The quantitative estimate of drug-likeness (QED) is 0.311. The Hall–Kier alpha value is 0.407. The summed E-state index contributed by atoms with van der Waals surface area (Å²) in [6.07, 6.45) is 5.27. The fraction of sp³-hybridized carbons (Fsp3) is 1.00. The standard InChI is InChI=1S/C20H44NOPSi/c1-15(2)23(16(3)4,21-20-13-11-12-14-20)22-24(17(5)6,18(7)8)19(9)10/h15-20H,11-14H2,1-10H3. The van der Waals surface area contributed by atoms with Crippen LogP contribution in [0.2, 0.25) is 16.6 Å². The summed E-state index contributed by atoms with van der Waals surface area (Å²) in [4.78, 5) is 0. The minimum atomic E-state index is -1.90. The first-order chi connectivity index (χ1) is 11.0. The van der Waals surface area contributed by atoms with Crippen molar-refractivity contribution in [1.82, 2.24) is 0 Å². The van der Waals surface area contributed by atoms with Gasteiger partial charge >= 0.3 is 0 Å². The van der Waals surface area contributed by atoms with Crippen molar-refractivity contribution >= 4 is 15.6 Å². The summed E-state index contributed by atoms with van der Waals surface area (Å²) >= 11 is 0. The summed E-state index contributed by atoms with van der Waals surface area (Å²) in [6, 6.07) is 0.557. The van der Waals surface area contributed by atoms with Crippen LogP contribution < -0.4 is 0 Å². The Morgan fingerprint density at radius 1 is 0.750 bits per heavy atom. The average Bonchev–Trinajstić information content (AvgIpc) is 2.94. The summed E-state index contributed by atoms with van der Waals surface area (Å²) < 4.78 is 13.0. The van der Waals surface area contributed by atoms with Gasteiger partial charge in [0.25, 0.3) is 0 Å². The highest BCUT2D eigenvalue weighted by atomic mass is 31.2. The van der Waals surface area contributed by atoms with Gasteiger partial charge in [0.15, 0.2) is 0 Å². The number of hydrogen-bond acceptors (Lipinski definition) is 2. The van der Waals surface area contributed by atoms with Crippen LogP contribution in [0.25, 0.3) is 0 Å². The van der Waals surface area contributed by atoms with Crippen molar-refractivity contribution in [3.8, 4) is 0 Å². The van der Waals surface area contributed by atoms with Crippen LogP contribution in [0, 0.1) is 0 Å². The lowest BCUT2D eigenvalue weighted by molar-refractivity contribution is 0.493. The van der Waals surface area contributed by atoms with E-state index in [2.05, 4.69) is 69.2 Å². The van der Waals surface area contributed by atoms with Crippen LogP contribution in [0.4, 0.5) is 0 Å². The maximum Gasteiger partial charge on any atom is 0.207 e. The first-order valence-electron chi connectivity index (χ1n) is 10.3. The zero-order valence-electron chi connectivity index (χ0n) is 18.1. The minimum Gasteiger partial charge on any atom is -0.383 e. The zero-order chi connectivity index (χ0) is 18.7. The Kier molecular flexibility index (Phi) is 8.29. The van der Waals surface area contributed by atoms with Crippen LogP contribution in [0.1, 0.15) is 94.9 Å². The van der Waals surface area contributed by atoms with Crippen molar-refractivity contribution in [2.45, 2.75) is 129 Å². The van der Waals surface area contributed by atoms with E-state index >= 15 is 0 Å². The normalized spacial score (nSPS) is 18.0. The first kappa shape index (κ1) is 22.4. The third-order valence-electron chi connectivity index (χ3n) is 6.16. The van der Waals surface area contributed by atoms with Crippen LogP contribution in [0.5, 0.6) is 0 Å². The van der Waals surface area contributed by atoms with Crippen LogP contribution in [-0.2, 0) is 4.21 Å². The molecule has 0 aromatic carbocycles. The van der Waals surface area contributed by atoms with E-state index in [1.165, 1.54) is 25.7 Å². The lowest BCUT2D eigenvalue weighted by atomic mass is 10.3. The molecule has 0 bridgehead atoms. The SMILES string of the molecule is CC(C)[Si](OP(=NC1CCCC1)(C(C)C)C(C)C)(C(C)C)C(C)C. The van der Waals surface area contributed by atoms with Gasteiger partial charge in [0, 0.05) is 11.3 Å². The van der Waals surface area contributed by atoms with Crippen LogP contribution >= 0.6 is 7.28 Å². The summed E-state index contributed by atoms with van der Waals surface area (Å²) in [5.41, 5.74) is 2.96. The fourth-order valence-corrected chi connectivity index (χ4v) is 17.8. The highest BCUT2D eigenvalue weighted by Crippen LogP contribution is 2.65. The van der Waals surface area contributed by atoms with E-state index in [-0.39, 0.29) is 0 Å². The van der Waals surface area contributed by atoms with E-state index in [1.807, 2.05) is 0 Å². The van der Waals surface area contributed by atoms with E-state index in [4.69, 9.17) is 8.96 Å². The van der Waals surface area contributed by atoms with E-state index in [0.717, 1.165) is 0 Å². The molecule has 1 aliphatic carbocycles. The summed E-state index contributed by atoms with van der Waals surface area (Å²) in [5, 5.41) is 0. The Bertz CT molecular complexity index is 403. The molecule has 0 aliphatic heterocycles. The van der Waals surface area contributed by atoms with Gasteiger partial charge in [-0.05, 0) is 29.5 Å². The molecule has 0 heterocycles. The maximum atomic E-state index is 7.48. The van der Waals surface area contributed by atoms with Gasteiger partial charge in [0.2, 0.25) is 8.32 Å². The number of nitrogens with zero attached hydrogens (tertiary/aromatic N) is 1. The molecule has 0 atom stereocenters. The van der Waals surface area contributed by atoms with Gasteiger partial charge < -0.3 is 4.21 Å². The predicted octanol–water partition coefficient (Wildman–Crippen LogP) is 8.05. The molecule has 0 unspecified atom stereocenters. The van der Waals surface area contributed by atoms with E-state index in [1.54, 1.807) is 0 Å². The molecule has 0 aromatic rings. The fourth-order valence-electron chi connectivity index (χ4n) is 4.94. The molecule has 1 fully saturated rings. The van der Waals surface area contributed by atoms with Crippen molar-refractivity contribution in [2.75, 3.05) is 0 Å². The van der Waals surface area contributed by atoms with Gasteiger partial charge in [-0.1, -0.05) is 82.1 Å². The number of rotatable bonds is 8. The molecule has 0 N–H and O–H groups in total. The highest BCUT2D eigenvalue weighted by molar-refractivity contribution is 7.64. The second-order valence-corrected chi connectivity index (χ2v) is 18.9. The molecule has 0 amide bonds. The minimum absolute atomic E-state index is 0.529. The van der Waals surface area contributed by atoms with Crippen molar-refractivity contribution in [2.24, 2.45) is 4.74 Å². The molecule has 144 valence electrons. The molecular formula is C20H44NOPSi. The molecule has 0 aromatic heterocycles. The lowest BCUT2D eigenvalue weighted by Gasteiger charge is -2.49. The van der Waals surface area contributed by atoms with Crippen molar-refractivity contribution in [1.29, 1.82) is 0 Å². The largest absolute Gasteiger partial charge is 0.383 e. The zero-order valence-corrected chi connectivity index (χ0v) is 20.0. The van der Waals surface area contributed by atoms with Crippen molar-refractivity contribution in [3.05, 3.63) is 0 Å². The molecule has 24 heavy (non-hydrogen) atoms. The van der Waals surface area contributed by atoms with E-state index in [0.29, 0.717) is 34.0 Å². The van der Waals surface area contributed by atoms with Gasteiger partial charge in [-0.15, -0.1) is 0 Å². The van der Waals surface area contributed by atoms with E-state index < -0.39 is 15.6 Å². The van der Waals surface area contributed by atoms with Crippen LogP contribution in [0.3, 0.4) is 0 Å². The van der Waals surface area contributed by atoms with Crippen LogP contribution in [0.15, 0.2) is 4.74 Å². The van der Waals surface area contributed by atoms with Crippen LogP contribution in [-0.4, -0.2) is 25.7 Å². The second kappa shape index (κ2) is 8.87. The molecule has 4 heteroatoms. The molecule has 1 saturated carbocycles. The topological polar surface area (TPSA) is 21.6 Å².